The van der Waals surface area contributed by atoms with E-state index in [1.165, 1.54) is 5.56 Å². The maximum atomic E-state index is 13.2. The summed E-state index contributed by atoms with van der Waals surface area (Å²) in [6.07, 6.45) is 1.08. The average Bonchev–Trinajstić information content (AvgIpc) is 2.70. The molecule has 0 aromatic heterocycles. The molecule has 1 aliphatic heterocycles. The molecule has 0 spiro atoms. The van der Waals surface area contributed by atoms with Crippen LogP contribution in [0, 0.1) is 6.92 Å². The highest BCUT2D eigenvalue weighted by Gasteiger charge is 2.23. The van der Waals surface area contributed by atoms with Gasteiger partial charge in [-0.2, -0.15) is 0 Å². The van der Waals surface area contributed by atoms with E-state index in [2.05, 4.69) is 28.9 Å². The molecule has 3 aromatic carbocycles. The number of carbonyl (C=O) groups excluding carboxylic acids is 1. The molecule has 3 N–H and O–H groups in total. The van der Waals surface area contributed by atoms with Crippen LogP contribution in [0.25, 0.3) is 0 Å². The van der Waals surface area contributed by atoms with Crippen molar-refractivity contribution in [2.24, 2.45) is 0 Å². The fraction of sp³-hybridized carbons (Fsp3) is 0.208. The Labute approximate surface area is 166 Å². The Bertz CT molecular complexity index is 998. The van der Waals surface area contributed by atoms with Gasteiger partial charge >= 0.3 is 0 Å². The number of fused-ring (bicyclic) bond motifs is 1. The zero-order chi connectivity index (χ0) is 19.5. The Morgan fingerprint density at radius 2 is 1.71 bits per heavy atom. The van der Waals surface area contributed by atoms with Gasteiger partial charge in [-0.05, 0) is 60.7 Å². The summed E-state index contributed by atoms with van der Waals surface area (Å²) in [6.45, 7) is 5.16. The minimum absolute atomic E-state index is 0.0936. The Morgan fingerprint density at radius 3 is 2.50 bits per heavy atom. The van der Waals surface area contributed by atoms with Crippen LogP contribution in [0.5, 0.6) is 0 Å². The lowest BCUT2D eigenvalue weighted by molar-refractivity contribution is 0.102. The van der Waals surface area contributed by atoms with Crippen LogP contribution in [0.2, 0.25) is 0 Å². The van der Waals surface area contributed by atoms with E-state index in [9.17, 15) is 4.79 Å². The lowest BCUT2D eigenvalue weighted by Gasteiger charge is -2.26. The van der Waals surface area contributed by atoms with Crippen LogP contribution in [0.3, 0.4) is 0 Å². The smallest absolute Gasteiger partial charge is 0.257 e. The van der Waals surface area contributed by atoms with Gasteiger partial charge in [0.05, 0.1) is 22.6 Å². The van der Waals surface area contributed by atoms with E-state index in [1.54, 1.807) is 0 Å². The molecule has 0 saturated heterocycles. The van der Waals surface area contributed by atoms with Crippen molar-refractivity contribution < 1.29 is 4.79 Å². The molecule has 3 aromatic rings. The molecule has 0 bridgehead atoms. The summed E-state index contributed by atoms with van der Waals surface area (Å²) < 4.78 is 0. The number of anilines is 4. The largest absolute Gasteiger partial charge is 0.384 e. The summed E-state index contributed by atoms with van der Waals surface area (Å²) in [5.41, 5.74) is 6.61. The third kappa shape index (κ3) is 3.72. The molecule has 1 amide bonds. The number of rotatable bonds is 4. The van der Waals surface area contributed by atoms with E-state index < -0.39 is 0 Å². The molecule has 0 aliphatic carbocycles. The molecule has 1 heterocycles. The third-order valence-electron chi connectivity index (χ3n) is 5.20. The Hall–Kier alpha value is -3.27. The maximum Gasteiger partial charge on any atom is 0.257 e. The molecular weight excluding hydrogens is 346 g/mol. The lowest BCUT2D eigenvalue weighted by Crippen LogP contribution is -2.21. The van der Waals surface area contributed by atoms with E-state index in [4.69, 9.17) is 0 Å². The second-order valence-corrected chi connectivity index (χ2v) is 7.38. The van der Waals surface area contributed by atoms with Crippen LogP contribution in [-0.4, -0.2) is 12.5 Å². The maximum absolute atomic E-state index is 13.2. The molecule has 1 unspecified atom stereocenters. The van der Waals surface area contributed by atoms with Gasteiger partial charge in [-0.25, -0.2) is 0 Å². The number of para-hydroxylation sites is 3. The van der Waals surface area contributed by atoms with Crippen LogP contribution in [0.1, 0.15) is 40.7 Å². The van der Waals surface area contributed by atoms with Gasteiger partial charge in [-0.1, -0.05) is 43.3 Å². The average molecular weight is 371 g/mol. The van der Waals surface area contributed by atoms with Gasteiger partial charge in [0.2, 0.25) is 0 Å². The van der Waals surface area contributed by atoms with Crippen LogP contribution >= 0.6 is 0 Å². The second-order valence-electron chi connectivity index (χ2n) is 7.38. The summed E-state index contributed by atoms with van der Waals surface area (Å²) >= 11 is 0. The normalized spacial score (nSPS) is 15.3. The highest BCUT2D eigenvalue weighted by atomic mass is 16.1. The van der Waals surface area contributed by atoms with Crippen LogP contribution in [-0.2, 0) is 0 Å². The topological polar surface area (TPSA) is 53.2 Å². The first kappa shape index (κ1) is 18.1. The van der Waals surface area contributed by atoms with Crippen LogP contribution in [0.15, 0.2) is 66.7 Å². The molecule has 1 atom stereocenters. The molecule has 1 aliphatic rings. The van der Waals surface area contributed by atoms with Crippen molar-refractivity contribution in [3.05, 3.63) is 83.4 Å². The number of benzene rings is 3. The van der Waals surface area contributed by atoms with E-state index >= 15 is 0 Å². The minimum Gasteiger partial charge on any atom is -0.384 e. The second kappa shape index (κ2) is 7.77. The van der Waals surface area contributed by atoms with E-state index in [1.807, 2.05) is 67.6 Å². The highest BCUT2D eigenvalue weighted by Crippen LogP contribution is 2.35. The third-order valence-corrected chi connectivity index (χ3v) is 5.20. The van der Waals surface area contributed by atoms with Gasteiger partial charge in [0, 0.05) is 12.2 Å². The van der Waals surface area contributed by atoms with E-state index in [0.29, 0.717) is 11.5 Å². The van der Waals surface area contributed by atoms with Gasteiger partial charge in [-0.3, -0.25) is 4.79 Å². The number of aryl methyl sites for hydroxylation is 1. The molecule has 4 rings (SSSR count). The Morgan fingerprint density at radius 1 is 1.00 bits per heavy atom. The number of carbonyl (C=O) groups is 1. The predicted molar refractivity (Wildman–Crippen MR) is 117 cm³/mol. The SMILES string of the molecule is Cc1cc(C(=O)Nc2ccccc2Nc2ccccc2)c2c(c1)C(C)CCN2. The fourth-order valence-corrected chi connectivity index (χ4v) is 3.72. The van der Waals surface area contributed by atoms with Crippen molar-refractivity contribution in [1.29, 1.82) is 0 Å². The summed E-state index contributed by atoms with van der Waals surface area (Å²) in [7, 11) is 0. The molecule has 0 radical (unpaired) electrons. The summed E-state index contributed by atoms with van der Waals surface area (Å²) in [4.78, 5) is 13.2. The first-order chi connectivity index (χ1) is 13.6. The first-order valence-electron chi connectivity index (χ1n) is 9.72. The molecule has 28 heavy (non-hydrogen) atoms. The van der Waals surface area contributed by atoms with Crippen molar-refractivity contribution in [2.75, 3.05) is 22.5 Å². The monoisotopic (exact) mass is 371 g/mol. The summed E-state index contributed by atoms with van der Waals surface area (Å²) in [6, 6.07) is 21.9. The molecule has 4 heteroatoms. The van der Waals surface area contributed by atoms with E-state index in [-0.39, 0.29) is 5.91 Å². The van der Waals surface area contributed by atoms with E-state index in [0.717, 1.165) is 41.3 Å². The van der Waals surface area contributed by atoms with Gasteiger partial charge in [-0.15, -0.1) is 0 Å². The van der Waals surface area contributed by atoms with Gasteiger partial charge in [0.1, 0.15) is 0 Å². The van der Waals surface area contributed by atoms with Crippen molar-refractivity contribution in [1.82, 2.24) is 0 Å². The number of nitrogens with one attached hydrogen (secondary N) is 3. The van der Waals surface area contributed by atoms with Gasteiger partial charge in [0.15, 0.2) is 0 Å². The summed E-state index contributed by atoms with van der Waals surface area (Å²) in [5, 5.41) is 9.91. The molecule has 142 valence electrons. The standard InChI is InChI=1S/C24H25N3O/c1-16-14-19-17(2)12-13-25-23(19)20(15-16)24(28)27-22-11-7-6-10-21(22)26-18-8-4-3-5-9-18/h3-11,14-15,17,25-26H,12-13H2,1-2H3,(H,27,28). The van der Waals surface area contributed by atoms with Crippen molar-refractivity contribution in [2.45, 2.75) is 26.2 Å². The van der Waals surface area contributed by atoms with Crippen molar-refractivity contribution in [3.8, 4) is 0 Å². The van der Waals surface area contributed by atoms with Gasteiger partial charge in [0.25, 0.3) is 5.91 Å². The quantitative estimate of drug-likeness (QED) is 0.534. The number of hydrogen-bond acceptors (Lipinski definition) is 3. The highest BCUT2D eigenvalue weighted by molar-refractivity contribution is 6.10. The number of amides is 1. The summed E-state index contributed by atoms with van der Waals surface area (Å²) in [5.74, 6) is 0.360. The molecule has 0 saturated carbocycles. The molecule has 0 fully saturated rings. The van der Waals surface area contributed by atoms with Crippen molar-refractivity contribution >= 4 is 28.7 Å². The lowest BCUT2D eigenvalue weighted by atomic mass is 9.89. The minimum atomic E-state index is -0.0936. The molecular formula is C24H25N3O. The Kier molecular flexibility index (Phi) is 5.02. The van der Waals surface area contributed by atoms with Crippen LogP contribution < -0.4 is 16.0 Å². The predicted octanol–water partition coefficient (Wildman–Crippen LogP) is 5.91. The zero-order valence-electron chi connectivity index (χ0n) is 16.3. The Balaban J connectivity index is 1.63. The zero-order valence-corrected chi connectivity index (χ0v) is 16.3. The number of hydrogen-bond donors (Lipinski definition) is 3. The van der Waals surface area contributed by atoms with Gasteiger partial charge < -0.3 is 16.0 Å². The van der Waals surface area contributed by atoms with Crippen molar-refractivity contribution in [3.63, 3.8) is 0 Å². The first-order valence-corrected chi connectivity index (χ1v) is 9.72. The molecule has 4 nitrogen and oxygen atoms in total. The fourth-order valence-electron chi connectivity index (χ4n) is 3.72. The van der Waals surface area contributed by atoms with Crippen LogP contribution in [0.4, 0.5) is 22.7 Å².